The van der Waals surface area contributed by atoms with Crippen molar-refractivity contribution in [2.75, 3.05) is 25.6 Å². The zero-order valence-electron chi connectivity index (χ0n) is 16.6. The van der Waals surface area contributed by atoms with Gasteiger partial charge in [-0.15, -0.1) is 0 Å². The van der Waals surface area contributed by atoms with E-state index in [9.17, 15) is 14.4 Å². The van der Waals surface area contributed by atoms with Crippen molar-refractivity contribution in [1.29, 1.82) is 0 Å². The minimum Gasteiger partial charge on any atom is -0.481 e. The number of halogens is 1. The molecule has 0 aliphatic rings. The fraction of sp³-hybridized carbons (Fsp3) is 0.286. The van der Waals surface area contributed by atoms with E-state index in [0.29, 0.717) is 22.0 Å². The number of esters is 2. The van der Waals surface area contributed by atoms with Crippen LogP contribution in [0.15, 0.2) is 30.3 Å². The molecule has 7 nitrogen and oxygen atoms in total. The number of anilines is 1. The average molecular weight is 420 g/mol. The third kappa shape index (κ3) is 6.22. The first-order valence-electron chi connectivity index (χ1n) is 8.75. The number of hydrogen-bond donors (Lipinski definition) is 1. The smallest absolute Gasteiger partial charge is 0.344 e. The molecule has 1 N–H and O–H groups in total. The third-order valence-electron chi connectivity index (χ3n) is 4.06. The van der Waals surface area contributed by atoms with E-state index in [1.807, 2.05) is 13.8 Å². The maximum Gasteiger partial charge on any atom is 0.344 e. The fourth-order valence-electron chi connectivity index (χ4n) is 2.63. The number of nitrogens with one attached hydrogen (secondary N) is 1. The summed E-state index contributed by atoms with van der Waals surface area (Å²) in [6, 6.07) is 8.23. The Hall–Kier alpha value is -3.06. The lowest BCUT2D eigenvalue weighted by Crippen LogP contribution is -2.24. The minimum atomic E-state index is -0.686. The highest BCUT2D eigenvalue weighted by molar-refractivity contribution is 6.30. The van der Waals surface area contributed by atoms with Gasteiger partial charge in [0, 0.05) is 10.7 Å². The molecule has 8 heteroatoms. The number of carbonyl (C=O) groups is 3. The molecule has 0 atom stereocenters. The van der Waals surface area contributed by atoms with Gasteiger partial charge in [-0.05, 0) is 61.7 Å². The molecule has 0 bridgehead atoms. The molecule has 0 radical (unpaired) electrons. The van der Waals surface area contributed by atoms with Crippen LogP contribution in [0.2, 0.25) is 5.02 Å². The molecule has 2 aromatic rings. The lowest BCUT2D eigenvalue weighted by molar-refractivity contribution is -0.149. The Morgan fingerprint density at radius 3 is 2.24 bits per heavy atom. The van der Waals surface area contributed by atoms with Crippen LogP contribution in [-0.4, -0.2) is 38.2 Å². The standard InChI is InChI=1S/C21H22ClNO6/c1-12-5-6-15(21(26)27-4)9-17(12)23-18(24)10-28-19(25)11-29-20-13(2)7-16(22)8-14(20)3/h5-9H,10-11H2,1-4H3,(H,23,24). The SMILES string of the molecule is COC(=O)c1ccc(C)c(NC(=O)COC(=O)COc2c(C)cc(Cl)cc2C)c1. The Bertz CT molecular complexity index is 918. The molecule has 0 fully saturated rings. The van der Waals surface area contributed by atoms with Gasteiger partial charge in [-0.25, -0.2) is 9.59 Å². The second-order valence-electron chi connectivity index (χ2n) is 6.39. The van der Waals surface area contributed by atoms with E-state index in [1.165, 1.54) is 13.2 Å². The first-order chi connectivity index (χ1) is 13.7. The lowest BCUT2D eigenvalue weighted by atomic mass is 10.1. The summed E-state index contributed by atoms with van der Waals surface area (Å²) in [5.74, 6) is -1.20. The normalized spacial score (nSPS) is 10.2. The Morgan fingerprint density at radius 1 is 0.966 bits per heavy atom. The van der Waals surface area contributed by atoms with E-state index in [4.69, 9.17) is 21.1 Å². The summed E-state index contributed by atoms with van der Waals surface area (Å²) in [5, 5.41) is 3.19. The van der Waals surface area contributed by atoms with Crippen molar-refractivity contribution in [2.24, 2.45) is 0 Å². The number of amides is 1. The molecule has 0 aliphatic heterocycles. The van der Waals surface area contributed by atoms with Crippen LogP contribution in [0.5, 0.6) is 5.75 Å². The summed E-state index contributed by atoms with van der Waals surface area (Å²) < 4.78 is 15.1. The van der Waals surface area contributed by atoms with Gasteiger partial charge in [0.25, 0.3) is 5.91 Å². The van der Waals surface area contributed by atoms with E-state index in [1.54, 1.807) is 31.2 Å². The molecule has 0 saturated carbocycles. The summed E-state index contributed by atoms with van der Waals surface area (Å²) in [4.78, 5) is 35.6. The van der Waals surface area contributed by atoms with Crippen LogP contribution in [0.25, 0.3) is 0 Å². The maximum atomic E-state index is 12.1. The van der Waals surface area contributed by atoms with Crippen LogP contribution in [0.4, 0.5) is 5.69 Å². The van der Waals surface area contributed by atoms with Gasteiger partial charge in [0.2, 0.25) is 0 Å². The van der Waals surface area contributed by atoms with Crippen LogP contribution in [-0.2, 0) is 19.1 Å². The van der Waals surface area contributed by atoms with Crippen LogP contribution in [0, 0.1) is 20.8 Å². The van der Waals surface area contributed by atoms with Crippen molar-refractivity contribution in [2.45, 2.75) is 20.8 Å². The highest BCUT2D eigenvalue weighted by Gasteiger charge is 2.14. The van der Waals surface area contributed by atoms with Gasteiger partial charge in [0.15, 0.2) is 13.2 Å². The number of carbonyl (C=O) groups excluding carboxylic acids is 3. The van der Waals surface area contributed by atoms with Crippen LogP contribution in [0.1, 0.15) is 27.0 Å². The Morgan fingerprint density at radius 2 is 1.62 bits per heavy atom. The van der Waals surface area contributed by atoms with Crippen molar-refractivity contribution < 1.29 is 28.6 Å². The quantitative estimate of drug-likeness (QED) is 0.689. The van der Waals surface area contributed by atoms with Crippen LogP contribution >= 0.6 is 11.6 Å². The van der Waals surface area contributed by atoms with Gasteiger partial charge < -0.3 is 19.5 Å². The molecule has 2 rings (SSSR count). The number of aryl methyl sites for hydroxylation is 3. The highest BCUT2D eigenvalue weighted by atomic mass is 35.5. The topological polar surface area (TPSA) is 90.9 Å². The van der Waals surface area contributed by atoms with E-state index in [0.717, 1.165) is 16.7 Å². The van der Waals surface area contributed by atoms with Gasteiger partial charge in [-0.1, -0.05) is 17.7 Å². The van der Waals surface area contributed by atoms with Crippen molar-refractivity contribution in [1.82, 2.24) is 0 Å². The summed E-state index contributed by atoms with van der Waals surface area (Å²) in [5.41, 5.74) is 3.06. The van der Waals surface area contributed by atoms with Gasteiger partial charge in [-0.2, -0.15) is 0 Å². The van der Waals surface area contributed by atoms with Gasteiger partial charge in [0.1, 0.15) is 5.75 Å². The largest absolute Gasteiger partial charge is 0.481 e. The summed E-state index contributed by atoms with van der Waals surface area (Å²) in [6.45, 7) is 4.58. The Kier molecular flexibility index (Phi) is 7.61. The molecule has 0 aromatic heterocycles. The van der Waals surface area contributed by atoms with E-state index in [-0.39, 0.29) is 6.61 Å². The number of hydrogen-bond acceptors (Lipinski definition) is 6. The zero-order chi connectivity index (χ0) is 21.6. The molecule has 29 heavy (non-hydrogen) atoms. The van der Waals surface area contributed by atoms with E-state index >= 15 is 0 Å². The summed E-state index contributed by atoms with van der Waals surface area (Å²) in [6.07, 6.45) is 0. The van der Waals surface area contributed by atoms with Crippen molar-refractivity contribution in [3.05, 3.63) is 57.6 Å². The number of rotatable bonds is 7. The Balaban J connectivity index is 1.88. The van der Waals surface area contributed by atoms with Crippen molar-refractivity contribution in [3.8, 4) is 5.75 Å². The van der Waals surface area contributed by atoms with Gasteiger partial charge in [-0.3, -0.25) is 4.79 Å². The lowest BCUT2D eigenvalue weighted by Gasteiger charge is -2.13. The molecular formula is C21H22ClNO6. The monoisotopic (exact) mass is 419 g/mol. The van der Waals surface area contributed by atoms with Crippen molar-refractivity contribution >= 4 is 35.1 Å². The molecule has 1 amide bonds. The molecule has 2 aromatic carbocycles. The van der Waals surface area contributed by atoms with Crippen LogP contribution in [0.3, 0.4) is 0 Å². The summed E-state index contributed by atoms with van der Waals surface area (Å²) >= 11 is 5.97. The summed E-state index contributed by atoms with van der Waals surface area (Å²) in [7, 11) is 1.27. The zero-order valence-corrected chi connectivity index (χ0v) is 17.4. The second-order valence-corrected chi connectivity index (χ2v) is 6.82. The first-order valence-corrected chi connectivity index (χ1v) is 9.13. The molecular weight excluding hydrogens is 398 g/mol. The number of benzene rings is 2. The predicted octanol–water partition coefficient (Wildman–Crippen LogP) is 3.61. The number of ether oxygens (including phenoxy) is 3. The number of methoxy groups -OCH3 is 1. The molecule has 0 aliphatic carbocycles. The predicted molar refractivity (Wildman–Crippen MR) is 109 cm³/mol. The molecule has 0 heterocycles. The van der Waals surface area contributed by atoms with Crippen molar-refractivity contribution in [3.63, 3.8) is 0 Å². The van der Waals surface area contributed by atoms with E-state index < -0.39 is 24.5 Å². The second kappa shape index (κ2) is 9.93. The maximum absolute atomic E-state index is 12.1. The average Bonchev–Trinajstić information content (AvgIpc) is 2.66. The fourth-order valence-corrected chi connectivity index (χ4v) is 2.96. The molecule has 0 spiro atoms. The third-order valence-corrected chi connectivity index (χ3v) is 4.27. The highest BCUT2D eigenvalue weighted by Crippen LogP contribution is 2.27. The molecule has 0 unspecified atom stereocenters. The van der Waals surface area contributed by atoms with Gasteiger partial charge in [0.05, 0.1) is 12.7 Å². The van der Waals surface area contributed by atoms with Crippen LogP contribution < -0.4 is 10.1 Å². The first kappa shape index (κ1) is 22.2. The Labute approximate surface area is 173 Å². The van der Waals surface area contributed by atoms with E-state index in [2.05, 4.69) is 10.1 Å². The molecule has 154 valence electrons. The minimum absolute atomic E-state index is 0.299. The van der Waals surface area contributed by atoms with Gasteiger partial charge >= 0.3 is 11.9 Å². The molecule has 0 saturated heterocycles.